The van der Waals surface area contributed by atoms with Crippen LogP contribution in [0.25, 0.3) is 0 Å². The maximum absolute atomic E-state index is 3.36. The Hall–Kier alpha value is -0.0400. The van der Waals surface area contributed by atoms with Gasteiger partial charge in [-0.25, -0.2) is 0 Å². The minimum atomic E-state index is 1.11. The molecule has 0 bridgehead atoms. The zero-order valence-corrected chi connectivity index (χ0v) is 5.54. The van der Waals surface area contributed by atoms with Gasteiger partial charge in [0.2, 0.25) is 0 Å². The second-order valence-corrected chi connectivity index (χ2v) is 2.34. The van der Waals surface area contributed by atoms with Crippen molar-refractivity contribution in [1.82, 2.24) is 5.32 Å². The van der Waals surface area contributed by atoms with Gasteiger partial charge in [0.25, 0.3) is 0 Å². The van der Waals surface area contributed by atoms with E-state index in [0.717, 1.165) is 6.54 Å². The summed E-state index contributed by atoms with van der Waals surface area (Å²) in [6, 6.07) is 1.58. The van der Waals surface area contributed by atoms with Crippen LogP contribution in [0.2, 0.25) is 0 Å². The topological polar surface area (TPSA) is 12.0 Å². The third-order valence-electron chi connectivity index (χ3n) is 1.63. The first-order valence-corrected chi connectivity index (χ1v) is 3.52. The molecule has 0 saturated heterocycles. The van der Waals surface area contributed by atoms with Crippen LogP contribution in [-0.4, -0.2) is 6.54 Å². The van der Waals surface area contributed by atoms with E-state index in [2.05, 4.69) is 12.2 Å². The van der Waals surface area contributed by atoms with Crippen LogP contribution in [0.5, 0.6) is 0 Å². The Kier molecular flexibility index (Phi) is 2.34. The molecule has 0 spiro atoms. The van der Waals surface area contributed by atoms with E-state index in [0.29, 0.717) is 0 Å². The lowest BCUT2D eigenvalue weighted by Crippen LogP contribution is -2.16. The Labute approximate surface area is 51.5 Å². The lowest BCUT2D eigenvalue weighted by Gasteiger charge is -2.05. The summed E-state index contributed by atoms with van der Waals surface area (Å²) >= 11 is 0. The molecule has 0 aliphatic heterocycles. The minimum Gasteiger partial charge on any atom is -0.310 e. The van der Waals surface area contributed by atoms with E-state index in [1.807, 2.05) is 0 Å². The molecule has 1 aliphatic carbocycles. The van der Waals surface area contributed by atoms with Crippen LogP contribution >= 0.6 is 0 Å². The van der Waals surface area contributed by atoms with Crippen molar-refractivity contribution in [3.8, 4) is 0 Å². The number of hydrogen-bond acceptors (Lipinski definition) is 1. The monoisotopic (exact) mass is 112 g/mol. The summed E-state index contributed by atoms with van der Waals surface area (Å²) in [5.41, 5.74) is 0. The van der Waals surface area contributed by atoms with E-state index in [4.69, 9.17) is 0 Å². The van der Waals surface area contributed by atoms with Crippen molar-refractivity contribution in [2.45, 2.75) is 32.6 Å². The van der Waals surface area contributed by atoms with Crippen molar-refractivity contribution in [2.75, 3.05) is 6.54 Å². The fourth-order valence-electron chi connectivity index (χ4n) is 1.23. The minimum absolute atomic E-state index is 1.11. The lowest BCUT2D eigenvalue weighted by atomic mass is 10.2. The predicted octanol–water partition coefficient (Wildman–Crippen LogP) is 1.70. The highest BCUT2D eigenvalue weighted by Crippen LogP contribution is 2.23. The molecule has 1 nitrogen and oxygen atoms in total. The molecule has 0 aromatic carbocycles. The lowest BCUT2D eigenvalue weighted by molar-refractivity contribution is 0.683. The van der Waals surface area contributed by atoms with E-state index in [1.165, 1.54) is 25.7 Å². The van der Waals surface area contributed by atoms with Crippen LogP contribution in [0.15, 0.2) is 0 Å². The van der Waals surface area contributed by atoms with Gasteiger partial charge in [0, 0.05) is 6.04 Å². The zero-order valence-electron chi connectivity index (χ0n) is 5.54. The molecule has 0 atom stereocenters. The summed E-state index contributed by atoms with van der Waals surface area (Å²) in [4.78, 5) is 0. The molecule has 0 aromatic heterocycles. The van der Waals surface area contributed by atoms with Crippen LogP contribution in [0.4, 0.5) is 0 Å². The molecule has 0 heterocycles. The first-order valence-electron chi connectivity index (χ1n) is 3.52. The van der Waals surface area contributed by atoms with E-state index in [1.54, 1.807) is 6.04 Å². The number of rotatable bonds is 2. The molecule has 8 heavy (non-hydrogen) atoms. The standard InChI is InChI=1S/C7H14N/c1-2-8-7-5-3-4-6-7/h8H,2-6H2,1H3. The number of nitrogens with one attached hydrogen (secondary N) is 1. The SMILES string of the molecule is CCN[C]1CCCC1. The van der Waals surface area contributed by atoms with Gasteiger partial charge >= 0.3 is 0 Å². The summed E-state index contributed by atoms with van der Waals surface area (Å²) in [5, 5.41) is 3.36. The molecular formula is C7H14N. The Morgan fingerprint density at radius 3 is 2.50 bits per heavy atom. The van der Waals surface area contributed by atoms with E-state index in [-0.39, 0.29) is 0 Å². The average molecular weight is 112 g/mol. The molecule has 0 amide bonds. The van der Waals surface area contributed by atoms with Gasteiger partial charge in [0.05, 0.1) is 0 Å². The molecule has 1 saturated carbocycles. The maximum Gasteiger partial charge on any atom is 0.0363 e. The molecule has 1 rings (SSSR count). The Balaban J connectivity index is 2.06. The van der Waals surface area contributed by atoms with Crippen molar-refractivity contribution in [3.05, 3.63) is 6.04 Å². The van der Waals surface area contributed by atoms with Gasteiger partial charge in [0.1, 0.15) is 0 Å². The first kappa shape index (κ1) is 6.09. The van der Waals surface area contributed by atoms with Crippen molar-refractivity contribution in [1.29, 1.82) is 0 Å². The van der Waals surface area contributed by atoms with E-state index >= 15 is 0 Å². The van der Waals surface area contributed by atoms with Crippen LogP contribution in [0, 0.1) is 6.04 Å². The highest BCUT2D eigenvalue weighted by atomic mass is 14.9. The normalized spacial score (nSPS) is 22.1. The second-order valence-electron chi connectivity index (χ2n) is 2.34. The smallest absolute Gasteiger partial charge is 0.0363 e. The fourth-order valence-corrected chi connectivity index (χ4v) is 1.23. The zero-order chi connectivity index (χ0) is 5.82. The Morgan fingerprint density at radius 2 is 2.00 bits per heavy atom. The summed E-state index contributed by atoms with van der Waals surface area (Å²) < 4.78 is 0. The molecule has 0 unspecified atom stereocenters. The van der Waals surface area contributed by atoms with Gasteiger partial charge in [0.15, 0.2) is 0 Å². The van der Waals surface area contributed by atoms with Crippen molar-refractivity contribution in [3.63, 3.8) is 0 Å². The second kappa shape index (κ2) is 3.08. The molecule has 1 N–H and O–H groups in total. The maximum atomic E-state index is 3.36. The van der Waals surface area contributed by atoms with Crippen molar-refractivity contribution < 1.29 is 0 Å². The molecule has 47 valence electrons. The third kappa shape index (κ3) is 1.48. The van der Waals surface area contributed by atoms with Crippen LogP contribution in [-0.2, 0) is 0 Å². The van der Waals surface area contributed by atoms with E-state index in [9.17, 15) is 0 Å². The highest BCUT2D eigenvalue weighted by molar-refractivity contribution is 4.90. The van der Waals surface area contributed by atoms with Crippen LogP contribution in [0.3, 0.4) is 0 Å². The van der Waals surface area contributed by atoms with Gasteiger partial charge in [-0.1, -0.05) is 19.8 Å². The van der Waals surface area contributed by atoms with Crippen LogP contribution in [0.1, 0.15) is 32.6 Å². The first-order chi connectivity index (χ1) is 3.93. The largest absolute Gasteiger partial charge is 0.310 e. The van der Waals surface area contributed by atoms with Gasteiger partial charge in [-0.15, -0.1) is 0 Å². The summed E-state index contributed by atoms with van der Waals surface area (Å²) in [5.74, 6) is 0. The summed E-state index contributed by atoms with van der Waals surface area (Å²) in [6.07, 6.45) is 5.46. The van der Waals surface area contributed by atoms with Gasteiger partial charge in [-0.2, -0.15) is 0 Å². The summed E-state index contributed by atoms with van der Waals surface area (Å²) in [6.45, 7) is 3.26. The third-order valence-corrected chi connectivity index (χ3v) is 1.63. The molecular weight excluding hydrogens is 98.1 g/mol. The average Bonchev–Trinajstić information content (AvgIpc) is 2.19. The Morgan fingerprint density at radius 1 is 1.38 bits per heavy atom. The van der Waals surface area contributed by atoms with E-state index < -0.39 is 0 Å². The summed E-state index contributed by atoms with van der Waals surface area (Å²) in [7, 11) is 0. The molecule has 0 aromatic rings. The molecule has 1 fully saturated rings. The molecule has 1 aliphatic rings. The van der Waals surface area contributed by atoms with Crippen LogP contribution < -0.4 is 5.32 Å². The highest BCUT2D eigenvalue weighted by Gasteiger charge is 2.12. The number of hydrogen-bond donors (Lipinski definition) is 1. The molecule has 1 heteroatoms. The predicted molar refractivity (Wildman–Crippen MR) is 35.4 cm³/mol. The van der Waals surface area contributed by atoms with Crippen molar-refractivity contribution >= 4 is 0 Å². The van der Waals surface area contributed by atoms with Crippen molar-refractivity contribution in [2.24, 2.45) is 0 Å². The quantitative estimate of drug-likeness (QED) is 0.573. The van der Waals surface area contributed by atoms with Gasteiger partial charge in [-0.3, -0.25) is 0 Å². The Bertz CT molecular complexity index is 55.4. The van der Waals surface area contributed by atoms with Gasteiger partial charge < -0.3 is 5.32 Å². The van der Waals surface area contributed by atoms with Gasteiger partial charge in [-0.05, 0) is 19.4 Å². The molecule has 1 radical (unpaired) electrons. The fraction of sp³-hybridized carbons (Fsp3) is 0.857.